The number of nitrogens with one attached hydrogen (secondary N) is 1. The summed E-state index contributed by atoms with van der Waals surface area (Å²) in [5, 5.41) is 13.3. The van der Waals surface area contributed by atoms with Gasteiger partial charge in [0.2, 0.25) is 0 Å². The lowest BCUT2D eigenvalue weighted by Gasteiger charge is -2.44. The smallest absolute Gasteiger partial charge is 0.325 e. The number of piperidine rings is 1. The van der Waals surface area contributed by atoms with Crippen molar-refractivity contribution in [1.82, 2.24) is 10.2 Å². The summed E-state index contributed by atoms with van der Waals surface area (Å²) in [7, 11) is 0. The molecule has 1 aliphatic heterocycles. The van der Waals surface area contributed by atoms with Crippen molar-refractivity contribution in [1.29, 1.82) is 0 Å². The summed E-state index contributed by atoms with van der Waals surface area (Å²) in [4.78, 5) is 14.4. The fourth-order valence-electron chi connectivity index (χ4n) is 3.65. The molecule has 2 N–H and O–H groups in total. The molecule has 2 aliphatic rings. The molecule has 0 aromatic rings. The van der Waals surface area contributed by atoms with E-state index >= 15 is 0 Å². The highest BCUT2D eigenvalue weighted by Crippen LogP contribution is 2.41. The van der Waals surface area contributed by atoms with Crippen LogP contribution in [0, 0.1) is 11.8 Å². The highest BCUT2D eigenvalue weighted by molar-refractivity contribution is 5.80. The normalized spacial score (nSPS) is 31.2. The SMILES string of the molecule is CC(C)NC(CN1CCCC(C)C1C)(C(=O)O)C1CC1. The second-order valence-corrected chi connectivity index (χ2v) is 7.18. The third-order valence-electron chi connectivity index (χ3n) is 5.16. The molecule has 4 nitrogen and oxygen atoms in total. The zero-order chi connectivity index (χ0) is 14.9. The first-order chi connectivity index (χ1) is 9.36. The number of carboxylic acids is 1. The Morgan fingerprint density at radius 1 is 1.35 bits per heavy atom. The maximum absolute atomic E-state index is 12.0. The maximum atomic E-state index is 12.0. The standard InChI is InChI=1S/C16H30N2O2/c1-11(2)17-16(15(19)20,14-7-8-14)10-18-9-5-6-12(3)13(18)4/h11-14,17H,5-10H2,1-4H3,(H,19,20). The molecule has 4 heteroatoms. The van der Waals surface area contributed by atoms with Crippen LogP contribution < -0.4 is 5.32 Å². The molecule has 20 heavy (non-hydrogen) atoms. The molecular weight excluding hydrogens is 252 g/mol. The molecule has 116 valence electrons. The molecule has 0 amide bonds. The maximum Gasteiger partial charge on any atom is 0.325 e. The summed E-state index contributed by atoms with van der Waals surface area (Å²) in [6.07, 6.45) is 4.54. The Morgan fingerprint density at radius 2 is 2.00 bits per heavy atom. The number of rotatable bonds is 6. The predicted molar refractivity (Wildman–Crippen MR) is 80.8 cm³/mol. The minimum Gasteiger partial charge on any atom is -0.480 e. The molecule has 2 rings (SSSR count). The Hall–Kier alpha value is -0.610. The minimum absolute atomic E-state index is 0.198. The Bertz CT molecular complexity index is 354. The number of aliphatic carboxylic acids is 1. The molecule has 0 aromatic carbocycles. The van der Waals surface area contributed by atoms with Gasteiger partial charge in [-0.25, -0.2) is 0 Å². The van der Waals surface area contributed by atoms with Crippen molar-refractivity contribution in [3.05, 3.63) is 0 Å². The van der Waals surface area contributed by atoms with Crippen LogP contribution in [0.5, 0.6) is 0 Å². The van der Waals surface area contributed by atoms with Crippen molar-refractivity contribution in [3.63, 3.8) is 0 Å². The van der Waals surface area contributed by atoms with Crippen molar-refractivity contribution >= 4 is 5.97 Å². The third-order valence-corrected chi connectivity index (χ3v) is 5.16. The van der Waals surface area contributed by atoms with Gasteiger partial charge in [0.15, 0.2) is 0 Å². The first-order valence-corrected chi connectivity index (χ1v) is 8.12. The molecule has 3 atom stereocenters. The molecule has 1 saturated heterocycles. The predicted octanol–water partition coefficient (Wildman–Crippen LogP) is 2.34. The van der Waals surface area contributed by atoms with Crippen LogP contribution in [0.15, 0.2) is 0 Å². The highest BCUT2D eigenvalue weighted by atomic mass is 16.4. The summed E-state index contributed by atoms with van der Waals surface area (Å²) >= 11 is 0. The van der Waals surface area contributed by atoms with Crippen LogP contribution in [-0.2, 0) is 4.79 Å². The van der Waals surface area contributed by atoms with E-state index < -0.39 is 11.5 Å². The molecule has 3 unspecified atom stereocenters. The Labute approximate surface area is 122 Å². The second kappa shape index (κ2) is 6.02. The first-order valence-electron chi connectivity index (χ1n) is 8.12. The number of likely N-dealkylation sites (tertiary alicyclic amines) is 1. The molecule has 0 radical (unpaired) electrons. The average Bonchev–Trinajstić information content (AvgIpc) is 3.17. The zero-order valence-corrected chi connectivity index (χ0v) is 13.4. The van der Waals surface area contributed by atoms with Crippen molar-refractivity contribution in [3.8, 4) is 0 Å². The lowest BCUT2D eigenvalue weighted by atomic mass is 9.86. The van der Waals surface area contributed by atoms with Gasteiger partial charge < -0.3 is 5.11 Å². The third kappa shape index (κ3) is 3.17. The van der Waals surface area contributed by atoms with Crippen molar-refractivity contribution < 1.29 is 9.90 Å². The van der Waals surface area contributed by atoms with Crippen molar-refractivity contribution in [2.24, 2.45) is 11.8 Å². The number of hydrogen-bond donors (Lipinski definition) is 2. The van der Waals surface area contributed by atoms with Crippen LogP contribution in [0.4, 0.5) is 0 Å². The molecule has 0 aromatic heterocycles. The van der Waals surface area contributed by atoms with Gasteiger partial charge in [-0.05, 0) is 64.8 Å². The summed E-state index contributed by atoms with van der Waals surface area (Å²) in [5.41, 5.74) is -0.751. The Morgan fingerprint density at radius 3 is 2.50 bits per heavy atom. The molecule has 0 spiro atoms. The van der Waals surface area contributed by atoms with E-state index in [9.17, 15) is 9.90 Å². The van der Waals surface area contributed by atoms with Gasteiger partial charge in [-0.3, -0.25) is 15.0 Å². The van der Waals surface area contributed by atoms with E-state index in [0.717, 1.165) is 19.4 Å². The summed E-state index contributed by atoms with van der Waals surface area (Å²) in [5.74, 6) is 0.291. The number of carboxylic acid groups (broad SMARTS) is 1. The van der Waals surface area contributed by atoms with E-state index in [1.165, 1.54) is 12.8 Å². The Balaban J connectivity index is 2.16. The number of nitrogens with zero attached hydrogens (tertiary/aromatic N) is 1. The van der Waals surface area contributed by atoms with Gasteiger partial charge in [0.25, 0.3) is 0 Å². The molecule has 0 bridgehead atoms. The Kier molecular flexibility index (Phi) is 4.75. The van der Waals surface area contributed by atoms with Crippen LogP contribution in [0.2, 0.25) is 0 Å². The zero-order valence-electron chi connectivity index (χ0n) is 13.4. The summed E-state index contributed by atoms with van der Waals surface area (Å²) < 4.78 is 0. The van der Waals surface area contributed by atoms with Gasteiger partial charge in [0.05, 0.1) is 0 Å². The monoisotopic (exact) mass is 282 g/mol. The fourth-order valence-corrected chi connectivity index (χ4v) is 3.65. The second-order valence-electron chi connectivity index (χ2n) is 7.18. The van der Waals surface area contributed by atoms with Gasteiger partial charge in [-0.15, -0.1) is 0 Å². The molecule has 2 fully saturated rings. The van der Waals surface area contributed by atoms with Gasteiger partial charge in [-0.2, -0.15) is 0 Å². The topological polar surface area (TPSA) is 52.6 Å². The first kappa shape index (κ1) is 15.8. The van der Waals surface area contributed by atoms with Gasteiger partial charge in [0, 0.05) is 18.6 Å². The van der Waals surface area contributed by atoms with Crippen LogP contribution >= 0.6 is 0 Å². The van der Waals surface area contributed by atoms with E-state index in [1.54, 1.807) is 0 Å². The van der Waals surface area contributed by atoms with Crippen LogP contribution in [-0.4, -0.2) is 46.7 Å². The molecule has 1 saturated carbocycles. The van der Waals surface area contributed by atoms with Gasteiger partial charge in [-0.1, -0.05) is 6.92 Å². The lowest BCUT2D eigenvalue weighted by Crippen LogP contribution is -2.64. The van der Waals surface area contributed by atoms with Crippen molar-refractivity contribution in [2.75, 3.05) is 13.1 Å². The number of carbonyl (C=O) groups is 1. The fraction of sp³-hybridized carbons (Fsp3) is 0.938. The van der Waals surface area contributed by atoms with Crippen LogP contribution in [0.25, 0.3) is 0 Å². The van der Waals surface area contributed by atoms with E-state index in [0.29, 0.717) is 24.4 Å². The largest absolute Gasteiger partial charge is 0.480 e. The van der Waals surface area contributed by atoms with E-state index in [-0.39, 0.29) is 6.04 Å². The summed E-state index contributed by atoms with van der Waals surface area (Å²) in [6.45, 7) is 10.3. The van der Waals surface area contributed by atoms with Crippen LogP contribution in [0.1, 0.15) is 53.4 Å². The van der Waals surface area contributed by atoms with Gasteiger partial charge in [0.1, 0.15) is 5.54 Å². The van der Waals surface area contributed by atoms with Crippen molar-refractivity contribution in [2.45, 2.75) is 71.0 Å². The highest BCUT2D eigenvalue weighted by Gasteiger charge is 2.52. The van der Waals surface area contributed by atoms with E-state index in [4.69, 9.17) is 0 Å². The average molecular weight is 282 g/mol. The van der Waals surface area contributed by atoms with Crippen LogP contribution in [0.3, 0.4) is 0 Å². The summed E-state index contributed by atoms with van der Waals surface area (Å²) in [6, 6.07) is 0.680. The molecule has 1 heterocycles. The minimum atomic E-state index is -0.751. The lowest BCUT2D eigenvalue weighted by molar-refractivity contribution is -0.148. The van der Waals surface area contributed by atoms with E-state index in [1.807, 2.05) is 13.8 Å². The van der Waals surface area contributed by atoms with Gasteiger partial charge >= 0.3 is 5.97 Å². The molecular formula is C16H30N2O2. The number of hydrogen-bond acceptors (Lipinski definition) is 3. The quantitative estimate of drug-likeness (QED) is 0.785. The molecule has 1 aliphatic carbocycles. The van der Waals surface area contributed by atoms with E-state index in [2.05, 4.69) is 24.1 Å².